The van der Waals surface area contributed by atoms with E-state index in [2.05, 4.69) is 25.9 Å². The molecular weight excluding hydrogens is 203 g/mol. The Kier molecular flexibility index (Phi) is 2.54. The Bertz CT molecular complexity index is 477. The molecule has 2 nitrogen and oxygen atoms in total. The molecule has 16 heavy (non-hydrogen) atoms. The van der Waals surface area contributed by atoms with Gasteiger partial charge in [0, 0.05) is 11.8 Å². The van der Waals surface area contributed by atoms with Gasteiger partial charge >= 0.3 is 0 Å². The van der Waals surface area contributed by atoms with Crippen molar-refractivity contribution >= 4 is 0 Å². The molecule has 1 aromatic carbocycles. The Morgan fingerprint density at radius 2 is 1.69 bits per heavy atom. The van der Waals surface area contributed by atoms with E-state index in [4.69, 9.17) is 0 Å². The summed E-state index contributed by atoms with van der Waals surface area (Å²) in [6, 6.07) is 8.32. The molecule has 0 aliphatic carbocycles. The zero-order valence-electron chi connectivity index (χ0n) is 9.74. The molecule has 1 aromatic heterocycles. The third kappa shape index (κ3) is 2.13. The van der Waals surface area contributed by atoms with Crippen LogP contribution in [0, 0.1) is 5.82 Å². The van der Waals surface area contributed by atoms with Crippen LogP contribution in [-0.4, -0.2) is 9.78 Å². The monoisotopic (exact) mass is 218 g/mol. The van der Waals surface area contributed by atoms with E-state index in [0.29, 0.717) is 0 Å². The zero-order valence-corrected chi connectivity index (χ0v) is 9.74. The van der Waals surface area contributed by atoms with E-state index in [1.165, 1.54) is 12.1 Å². The summed E-state index contributed by atoms with van der Waals surface area (Å²) in [6.07, 6.45) is 1.94. The van der Waals surface area contributed by atoms with Crippen molar-refractivity contribution in [1.29, 1.82) is 0 Å². The summed E-state index contributed by atoms with van der Waals surface area (Å²) in [4.78, 5) is 0. The van der Waals surface area contributed by atoms with Gasteiger partial charge in [0.15, 0.2) is 0 Å². The minimum absolute atomic E-state index is 0.0295. The molecule has 1 heterocycles. The number of hydrogen-bond acceptors (Lipinski definition) is 1. The van der Waals surface area contributed by atoms with Gasteiger partial charge in [-0.1, -0.05) is 0 Å². The summed E-state index contributed by atoms with van der Waals surface area (Å²) < 4.78 is 14.7. The Morgan fingerprint density at radius 3 is 2.19 bits per heavy atom. The highest BCUT2D eigenvalue weighted by Crippen LogP contribution is 2.20. The number of halogens is 1. The molecule has 0 N–H and O–H groups in total. The average molecular weight is 218 g/mol. The van der Waals surface area contributed by atoms with Crippen molar-refractivity contribution in [1.82, 2.24) is 9.78 Å². The molecular formula is C13H15FN2. The van der Waals surface area contributed by atoms with E-state index >= 15 is 0 Å². The molecule has 0 unspecified atom stereocenters. The van der Waals surface area contributed by atoms with Crippen LogP contribution in [0.1, 0.15) is 20.8 Å². The summed E-state index contributed by atoms with van der Waals surface area (Å²) in [7, 11) is 0. The highest BCUT2D eigenvalue weighted by Gasteiger charge is 2.14. The third-order valence-corrected chi connectivity index (χ3v) is 2.42. The Hall–Kier alpha value is -1.64. The van der Waals surface area contributed by atoms with Gasteiger partial charge in [0.05, 0.1) is 11.2 Å². The SMILES string of the molecule is CC(C)(C)n1ccc(-c2ccc(F)cc2)n1. The summed E-state index contributed by atoms with van der Waals surface area (Å²) in [5.41, 5.74) is 1.78. The lowest BCUT2D eigenvalue weighted by Gasteiger charge is -2.18. The maximum Gasteiger partial charge on any atom is 0.123 e. The van der Waals surface area contributed by atoms with Gasteiger partial charge in [-0.2, -0.15) is 5.10 Å². The second kappa shape index (κ2) is 3.74. The molecule has 0 saturated carbocycles. The van der Waals surface area contributed by atoms with Crippen LogP contribution in [0.5, 0.6) is 0 Å². The Labute approximate surface area is 94.7 Å². The zero-order chi connectivity index (χ0) is 11.8. The summed E-state index contributed by atoms with van der Waals surface area (Å²) in [5, 5.41) is 4.48. The van der Waals surface area contributed by atoms with Crippen molar-refractivity contribution < 1.29 is 4.39 Å². The first-order valence-electron chi connectivity index (χ1n) is 5.29. The van der Waals surface area contributed by atoms with Gasteiger partial charge < -0.3 is 0 Å². The molecule has 0 saturated heterocycles. The van der Waals surface area contributed by atoms with Gasteiger partial charge in [0.2, 0.25) is 0 Å². The minimum Gasteiger partial charge on any atom is -0.267 e. The van der Waals surface area contributed by atoms with Crippen molar-refractivity contribution in [2.24, 2.45) is 0 Å². The van der Waals surface area contributed by atoms with Crippen LogP contribution >= 0.6 is 0 Å². The summed E-state index contributed by atoms with van der Waals surface area (Å²) >= 11 is 0. The largest absolute Gasteiger partial charge is 0.267 e. The second-order valence-electron chi connectivity index (χ2n) is 4.82. The van der Waals surface area contributed by atoms with Crippen LogP contribution in [0.4, 0.5) is 4.39 Å². The predicted octanol–water partition coefficient (Wildman–Crippen LogP) is 3.44. The van der Waals surface area contributed by atoms with E-state index in [1.54, 1.807) is 12.1 Å². The average Bonchev–Trinajstić information content (AvgIpc) is 2.67. The van der Waals surface area contributed by atoms with E-state index in [1.807, 2.05) is 16.9 Å². The smallest absolute Gasteiger partial charge is 0.123 e. The topological polar surface area (TPSA) is 17.8 Å². The third-order valence-electron chi connectivity index (χ3n) is 2.42. The number of aromatic nitrogens is 2. The van der Waals surface area contributed by atoms with Gasteiger partial charge in [-0.05, 0) is 51.1 Å². The van der Waals surface area contributed by atoms with Crippen LogP contribution < -0.4 is 0 Å². The second-order valence-corrected chi connectivity index (χ2v) is 4.82. The normalized spacial score (nSPS) is 11.8. The Morgan fingerprint density at radius 1 is 1.06 bits per heavy atom. The molecule has 84 valence electrons. The van der Waals surface area contributed by atoms with Crippen molar-refractivity contribution in [3.05, 3.63) is 42.3 Å². The van der Waals surface area contributed by atoms with Crippen molar-refractivity contribution in [3.8, 4) is 11.3 Å². The maximum atomic E-state index is 12.8. The number of rotatable bonds is 1. The molecule has 2 rings (SSSR count). The molecule has 0 aliphatic rings. The molecule has 0 amide bonds. The van der Waals surface area contributed by atoms with Crippen LogP contribution in [0.15, 0.2) is 36.5 Å². The summed E-state index contributed by atoms with van der Waals surface area (Å²) in [6.45, 7) is 6.28. The summed E-state index contributed by atoms with van der Waals surface area (Å²) in [5.74, 6) is -0.223. The molecule has 0 radical (unpaired) electrons. The molecule has 0 atom stereocenters. The van der Waals surface area contributed by atoms with Gasteiger partial charge in [-0.25, -0.2) is 4.39 Å². The lowest BCUT2D eigenvalue weighted by Crippen LogP contribution is -2.22. The van der Waals surface area contributed by atoms with E-state index in [9.17, 15) is 4.39 Å². The first-order valence-corrected chi connectivity index (χ1v) is 5.29. The number of hydrogen-bond donors (Lipinski definition) is 0. The van der Waals surface area contributed by atoms with Crippen LogP contribution in [0.25, 0.3) is 11.3 Å². The quantitative estimate of drug-likeness (QED) is 0.717. The van der Waals surface area contributed by atoms with Gasteiger partial charge in [-0.15, -0.1) is 0 Å². The first-order chi connectivity index (χ1) is 7.47. The van der Waals surface area contributed by atoms with Gasteiger partial charge in [0.1, 0.15) is 5.82 Å². The van der Waals surface area contributed by atoms with Crippen molar-refractivity contribution in [2.75, 3.05) is 0 Å². The molecule has 0 fully saturated rings. The van der Waals surface area contributed by atoms with Crippen molar-refractivity contribution in [2.45, 2.75) is 26.3 Å². The van der Waals surface area contributed by atoms with E-state index < -0.39 is 0 Å². The highest BCUT2D eigenvalue weighted by atomic mass is 19.1. The molecule has 0 spiro atoms. The molecule has 2 aromatic rings. The lowest BCUT2D eigenvalue weighted by atomic mass is 10.1. The molecule has 0 aliphatic heterocycles. The number of benzene rings is 1. The van der Waals surface area contributed by atoms with Crippen LogP contribution in [0.2, 0.25) is 0 Å². The van der Waals surface area contributed by atoms with Gasteiger partial charge in [-0.3, -0.25) is 4.68 Å². The lowest BCUT2D eigenvalue weighted by molar-refractivity contribution is 0.356. The highest BCUT2D eigenvalue weighted by molar-refractivity contribution is 5.58. The van der Waals surface area contributed by atoms with E-state index in [-0.39, 0.29) is 11.4 Å². The Balaban J connectivity index is 2.35. The fraction of sp³-hybridized carbons (Fsp3) is 0.308. The predicted molar refractivity (Wildman–Crippen MR) is 62.6 cm³/mol. The molecule has 0 bridgehead atoms. The van der Waals surface area contributed by atoms with Crippen LogP contribution in [0.3, 0.4) is 0 Å². The maximum absolute atomic E-state index is 12.8. The van der Waals surface area contributed by atoms with Crippen molar-refractivity contribution in [3.63, 3.8) is 0 Å². The van der Waals surface area contributed by atoms with Crippen LogP contribution in [-0.2, 0) is 5.54 Å². The molecule has 3 heteroatoms. The first kappa shape index (κ1) is 10.9. The minimum atomic E-state index is -0.223. The fourth-order valence-corrected chi connectivity index (χ4v) is 1.47. The van der Waals surface area contributed by atoms with E-state index in [0.717, 1.165) is 11.3 Å². The van der Waals surface area contributed by atoms with Gasteiger partial charge in [0.25, 0.3) is 0 Å². The fourth-order valence-electron chi connectivity index (χ4n) is 1.47. The number of nitrogens with zero attached hydrogens (tertiary/aromatic N) is 2. The standard InChI is InChI=1S/C13H15FN2/c1-13(2,3)16-9-8-12(15-16)10-4-6-11(14)7-5-10/h4-9H,1-3H3.